The third kappa shape index (κ3) is 3.99. The van der Waals surface area contributed by atoms with Crippen LogP contribution in [0.1, 0.15) is 35.9 Å². The lowest BCUT2D eigenvalue weighted by atomic mass is 10.1. The fourth-order valence-electron chi connectivity index (χ4n) is 3.80. The third-order valence-electron chi connectivity index (χ3n) is 5.25. The minimum atomic E-state index is -0.599. The first-order valence-corrected chi connectivity index (χ1v) is 8.88. The highest BCUT2D eigenvalue weighted by molar-refractivity contribution is 5.92. The van der Waals surface area contributed by atoms with Crippen molar-refractivity contribution in [2.24, 2.45) is 0 Å². The van der Waals surface area contributed by atoms with Gasteiger partial charge in [0.15, 0.2) is 0 Å². The molecular weight excluding hydrogens is 320 g/mol. The molecule has 2 amide bonds. The number of carbonyl (C=O) groups excluding carboxylic acids is 2. The molecule has 0 unspecified atom stereocenters. The molecule has 3 atom stereocenters. The zero-order valence-electron chi connectivity index (χ0n) is 14.8. The Morgan fingerprint density at radius 1 is 1.20 bits per heavy atom. The molecule has 7 nitrogen and oxygen atoms in total. The van der Waals surface area contributed by atoms with Gasteiger partial charge in [0.1, 0.15) is 5.69 Å². The van der Waals surface area contributed by atoms with Crippen molar-refractivity contribution in [2.45, 2.75) is 44.9 Å². The number of hydrogen-bond donors (Lipinski definition) is 2. The first-order chi connectivity index (χ1) is 12.0. The van der Waals surface area contributed by atoms with Gasteiger partial charge in [0.25, 0.3) is 5.91 Å². The number of aryl methyl sites for hydroxylation is 1. The van der Waals surface area contributed by atoms with Crippen LogP contribution in [-0.4, -0.2) is 76.1 Å². The lowest BCUT2D eigenvalue weighted by Crippen LogP contribution is -2.55. The van der Waals surface area contributed by atoms with E-state index >= 15 is 0 Å². The summed E-state index contributed by atoms with van der Waals surface area (Å²) in [4.78, 5) is 32.1. The number of nitrogens with zero attached hydrogens (tertiary/aromatic N) is 3. The van der Waals surface area contributed by atoms with E-state index in [2.05, 4.69) is 15.2 Å². The summed E-state index contributed by atoms with van der Waals surface area (Å²) in [7, 11) is 0. The van der Waals surface area contributed by atoms with Crippen LogP contribution in [0, 0.1) is 6.92 Å². The predicted octanol–water partition coefficient (Wildman–Crippen LogP) is 0.176. The summed E-state index contributed by atoms with van der Waals surface area (Å²) in [6, 6.07) is 5.11. The SMILES string of the molecule is CC(=O)N1CCN([C@@H]2CC[C@@H](NC(=O)c3cccc(C)n3)[C@H]2O)CC1. The number of aliphatic hydroxyl groups excluding tert-OH is 1. The van der Waals surface area contributed by atoms with E-state index in [1.54, 1.807) is 19.1 Å². The summed E-state index contributed by atoms with van der Waals surface area (Å²) < 4.78 is 0. The first kappa shape index (κ1) is 17.8. The second-order valence-electron chi connectivity index (χ2n) is 6.92. The molecule has 0 radical (unpaired) electrons. The average molecular weight is 346 g/mol. The maximum Gasteiger partial charge on any atom is 0.270 e. The molecule has 1 saturated heterocycles. The van der Waals surface area contributed by atoms with Gasteiger partial charge in [-0.15, -0.1) is 0 Å². The summed E-state index contributed by atoms with van der Waals surface area (Å²) in [6.45, 7) is 6.36. The molecule has 0 aromatic carbocycles. The van der Waals surface area contributed by atoms with Crippen LogP contribution >= 0.6 is 0 Å². The minimum absolute atomic E-state index is 0.0323. The predicted molar refractivity (Wildman–Crippen MR) is 93.1 cm³/mol. The van der Waals surface area contributed by atoms with Crippen LogP contribution in [0.2, 0.25) is 0 Å². The molecule has 1 aliphatic carbocycles. The fourth-order valence-corrected chi connectivity index (χ4v) is 3.80. The molecule has 0 bridgehead atoms. The van der Waals surface area contributed by atoms with Gasteiger partial charge in [-0.2, -0.15) is 0 Å². The summed E-state index contributed by atoms with van der Waals surface area (Å²) in [5.74, 6) is -0.141. The maximum atomic E-state index is 12.4. The highest BCUT2D eigenvalue weighted by atomic mass is 16.3. The van der Waals surface area contributed by atoms with Gasteiger partial charge < -0.3 is 15.3 Å². The zero-order valence-corrected chi connectivity index (χ0v) is 14.8. The van der Waals surface area contributed by atoms with E-state index in [-0.39, 0.29) is 23.9 Å². The zero-order chi connectivity index (χ0) is 18.0. The van der Waals surface area contributed by atoms with Crippen molar-refractivity contribution < 1.29 is 14.7 Å². The van der Waals surface area contributed by atoms with E-state index in [1.165, 1.54) is 0 Å². The molecule has 1 aromatic heterocycles. The topological polar surface area (TPSA) is 85.8 Å². The van der Waals surface area contributed by atoms with Crippen molar-refractivity contribution in [1.29, 1.82) is 0 Å². The smallest absolute Gasteiger partial charge is 0.270 e. The molecule has 136 valence electrons. The van der Waals surface area contributed by atoms with E-state index in [4.69, 9.17) is 0 Å². The van der Waals surface area contributed by atoms with Crippen LogP contribution in [0.5, 0.6) is 0 Å². The number of amides is 2. The minimum Gasteiger partial charge on any atom is -0.389 e. The van der Waals surface area contributed by atoms with Gasteiger partial charge in [-0.3, -0.25) is 14.5 Å². The average Bonchev–Trinajstić information content (AvgIpc) is 2.95. The maximum absolute atomic E-state index is 12.4. The van der Waals surface area contributed by atoms with Gasteiger partial charge in [-0.05, 0) is 31.9 Å². The largest absolute Gasteiger partial charge is 0.389 e. The van der Waals surface area contributed by atoms with Gasteiger partial charge in [-0.25, -0.2) is 4.98 Å². The van der Waals surface area contributed by atoms with Crippen molar-refractivity contribution in [3.05, 3.63) is 29.6 Å². The summed E-state index contributed by atoms with van der Waals surface area (Å²) in [6.07, 6.45) is 0.988. The number of hydrogen-bond acceptors (Lipinski definition) is 5. The number of aliphatic hydroxyl groups is 1. The number of pyridine rings is 1. The molecule has 0 spiro atoms. The Balaban J connectivity index is 1.56. The number of carbonyl (C=O) groups is 2. The van der Waals surface area contributed by atoms with Crippen molar-refractivity contribution in [2.75, 3.05) is 26.2 Å². The summed E-state index contributed by atoms with van der Waals surface area (Å²) in [5.41, 5.74) is 1.17. The molecule has 2 aliphatic rings. The molecule has 1 aromatic rings. The molecule has 1 saturated carbocycles. The van der Waals surface area contributed by atoms with E-state index in [9.17, 15) is 14.7 Å². The molecule has 2 fully saturated rings. The van der Waals surface area contributed by atoms with Gasteiger partial charge in [0.2, 0.25) is 5.91 Å². The lowest BCUT2D eigenvalue weighted by Gasteiger charge is -2.39. The molecule has 2 N–H and O–H groups in total. The highest BCUT2D eigenvalue weighted by Gasteiger charge is 2.40. The normalized spacial score (nSPS) is 27.3. The van der Waals surface area contributed by atoms with Crippen LogP contribution < -0.4 is 5.32 Å². The Hall–Kier alpha value is -1.99. The Morgan fingerprint density at radius 2 is 1.92 bits per heavy atom. The third-order valence-corrected chi connectivity index (χ3v) is 5.25. The number of rotatable bonds is 3. The van der Waals surface area contributed by atoms with E-state index in [1.807, 2.05) is 17.9 Å². The fraction of sp³-hybridized carbons (Fsp3) is 0.611. The Morgan fingerprint density at radius 3 is 2.56 bits per heavy atom. The van der Waals surface area contributed by atoms with Crippen LogP contribution in [0.15, 0.2) is 18.2 Å². The van der Waals surface area contributed by atoms with Crippen LogP contribution in [-0.2, 0) is 4.79 Å². The molecular formula is C18H26N4O3. The van der Waals surface area contributed by atoms with Crippen molar-refractivity contribution in [3.8, 4) is 0 Å². The van der Waals surface area contributed by atoms with Crippen molar-refractivity contribution in [1.82, 2.24) is 20.1 Å². The van der Waals surface area contributed by atoms with Crippen molar-refractivity contribution >= 4 is 11.8 Å². The van der Waals surface area contributed by atoms with E-state index < -0.39 is 6.10 Å². The monoisotopic (exact) mass is 346 g/mol. The van der Waals surface area contributed by atoms with E-state index in [0.717, 1.165) is 31.6 Å². The van der Waals surface area contributed by atoms with Crippen molar-refractivity contribution in [3.63, 3.8) is 0 Å². The Bertz CT molecular complexity index is 643. The first-order valence-electron chi connectivity index (χ1n) is 8.88. The van der Waals surface area contributed by atoms with Gasteiger partial charge in [-0.1, -0.05) is 6.07 Å². The standard InChI is InChI=1S/C18H26N4O3/c1-12-4-3-5-15(19-12)18(25)20-14-6-7-16(17(14)24)22-10-8-21(9-11-22)13(2)23/h3-5,14,16-17,24H,6-11H2,1-2H3,(H,20,25)/t14-,16-,17-/m1/s1. The summed E-state index contributed by atoms with van der Waals surface area (Å²) >= 11 is 0. The second-order valence-corrected chi connectivity index (χ2v) is 6.92. The van der Waals surface area contributed by atoms with E-state index in [0.29, 0.717) is 18.8 Å². The molecule has 3 rings (SSSR count). The highest BCUT2D eigenvalue weighted by Crippen LogP contribution is 2.26. The molecule has 1 aliphatic heterocycles. The van der Waals surface area contributed by atoms with Gasteiger partial charge >= 0.3 is 0 Å². The van der Waals surface area contributed by atoms with Crippen LogP contribution in [0.4, 0.5) is 0 Å². The van der Waals surface area contributed by atoms with Crippen LogP contribution in [0.3, 0.4) is 0 Å². The number of nitrogens with one attached hydrogen (secondary N) is 1. The quantitative estimate of drug-likeness (QED) is 0.815. The van der Waals surface area contributed by atoms with Gasteiger partial charge in [0, 0.05) is 44.8 Å². The summed E-state index contributed by atoms with van der Waals surface area (Å²) in [5, 5.41) is 13.6. The Labute approximate surface area is 148 Å². The Kier molecular flexibility index (Phi) is 5.34. The molecule has 25 heavy (non-hydrogen) atoms. The molecule has 2 heterocycles. The second kappa shape index (κ2) is 7.49. The molecule has 7 heteroatoms. The van der Waals surface area contributed by atoms with Crippen LogP contribution in [0.25, 0.3) is 0 Å². The number of aromatic nitrogens is 1. The lowest BCUT2D eigenvalue weighted by molar-refractivity contribution is -0.131. The number of piperazine rings is 1. The van der Waals surface area contributed by atoms with Gasteiger partial charge in [0.05, 0.1) is 12.1 Å².